The number of rotatable bonds is 4. The molecule has 0 spiro atoms. The molecule has 0 saturated heterocycles. The molecule has 1 aromatic carbocycles. The minimum atomic E-state index is -1.48. The van der Waals surface area contributed by atoms with Crippen LogP contribution in [0.1, 0.15) is 16.1 Å². The fourth-order valence-corrected chi connectivity index (χ4v) is 1.92. The Bertz CT molecular complexity index is 662. The van der Waals surface area contributed by atoms with Gasteiger partial charge in [-0.3, -0.25) is 4.79 Å². The number of aliphatic carboxylic acids is 1. The molecule has 1 amide bonds. The molecular formula is C14H9BrNO4-. The molecule has 0 saturated carbocycles. The third kappa shape index (κ3) is 3.58. The van der Waals surface area contributed by atoms with E-state index in [-0.39, 0.29) is 11.5 Å². The second-order valence-corrected chi connectivity index (χ2v) is 4.75. The number of hydrogen-bond acceptors (Lipinski definition) is 4. The predicted molar refractivity (Wildman–Crippen MR) is 73.3 cm³/mol. The average molecular weight is 335 g/mol. The molecule has 6 heteroatoms. The smallest absolute Gasteiger partial charge is 0.291 e. The van der Waals surface area contributed by atoms with Gasteiger partial charge in [-0.1, -0.05) is 28.1 Å². The Hall–Kier alpha value is -2.34. The first kappa shape index (κ1) is 14.1. The summed E-state index contributed by atoms with van der Waals surface area (Å²) in [5.41, 5.74) is 0.266. The van der Waals surface area contributed by atoms with Crippen LogP contribution in [0.2, 0.25) is 0 Å². The third-order valence-electron chi connectivity index (χ3n) is 2.37. The number of carbonyl (C=O) groups is 2. The minimum Gasteiger partial charge on any atom is -0.543 e. The minimum absolute atomic E-state index is 0.0198. The first-order valence-electron chi connectivity index (χ1n) is 5.60. The molecule has 5 nitrogen and oxygen atoms in total. The van der Waals surface area contributed by atoms with E-state index in [1.807, 2.05) is 0 Å². The predicted octanol–water partition coefficient (Wildman–Crippen LogP) is 1.56. The van der Waals surface area contributed by atoms with Crippen LogP contribution in [0.3, 0.4) is 0 Å². The Kier molecular flexibility index (Phi) is 4.37. The highest BCUT2D eigenvalue weighted by molar-refractivity contribution is 9.10. The summed E-state index contributed by atoms with van der Waals surface area (Å²) in [6.45, 7) is 0. The summed E-state index contributed by atoms with van der Waals surface area (Å²) in [7, 11) is 0. The van der Waals surface area contributed by atoms with Gasteiger partial charge in [0, 0.05) is 4.47 Å². The molecule has 1 N–H and O–H groups in total. The quantitative estimate of drug-likeness (QED) is 0.860. The molecule has 1 heterocycles. The molecule has 1 aromatic heterocycles. The molecule has 20 heavy (non-hydrogen) atoms. The summed E-state index contributed by atoms with van der Waals surface area (Å²) < 4.78 is 5.68. The molecule has 2 aromatic rings. The van der Waals surface area contributed by atoms with Gasteiger partial charge in [-0.15, -0.1) is 0 Å². The number of carboxylic acid groups (broad SMARTS) is 1. The first-order chi connectivity index (χ1) is 9.56. The molecule has 0 fully saturated rings. The van der Waals surface area contributed by atoms with Crippen molar-refractivity contribution >= 4 is 33.9 Å². The van der Waals surface area contributed by atoms with Gasteiger partial charge in [-0.2, -0.15) is 0 Å². The van der Waals surface area contributed by atoms with E-state index < -0.39 is 11.9 Å². The second kappa shape index (κ2) is 6.21. The Balaban J connectivity index is 2.23. The van der Waals surface area contributed by atoms with Crippen LogP contribution < -0.4 is 10.4 Å². The van der Waals surface area contributed by atoms with Gasteiger partial charge < -0.3 is 19.6 Å². The lowest BCUT2D eigenvalue weighted by atomic mass is 10.2. The van der Waals surface area contributed by atoms with Gasteiger partial charge in [-0.05, 0) is 35.9 Å². The lowest BCUT2D eigenvalue weighted by molar-refractivity contribution is -0.299. The van der Waals surface area contributed by atoms with Gasteiger partial charge >= 0.3 is 0 Å². The number of furan rings is 1. The number of amides is 1. The van der Waals surface area contributed by atoms with Crippen molar-refractivity contribution in [2.45, 2.75) is 0 Å². The van der Waals surface area contributed by atoms with Gasteiger partial charge in [0.1, 0.15) is 0 Å². The first-order valence-corrected chi connectivity index (χ1v) is 6.39. The molecule has 0 aliphatic heterocycles. The summed E-state index contributed by atoms with van der Waals surface area (Å²) in [5.74, 6) is -2.11. The van der Waals surface area contributed by atoms with Crippen molar-refractivity contribution in [2.75, 3.05) is 0 Å². The van der Waals surface area contributed by atoms with Crippen molar-refractivity contribution in [2.24, 2.45) is 0 Å². The van der Waals surface area contributed by atoms with Gasteiger partial charge in [0.2, 0.25) is 0 Å². The van der Waals surface area contributed by atoms with Crippen LogP contribution in [-0.4, -0.2) is 11.9 Å². The lowest BCUT2D eigenvalue weighted by Crippen LogP contribution is -2.35. The van der Waals surface area contributed by atoms with Gasteiger partial charge in [0.05, 0.1) is 17.9 Å². The number of carboxylic acids is 1. The van der Waals surface area contributed by atoms with E-state index in [1.165, 1.54) is 24.5 Å². The number of halogens is 1. The van der Waals surface area contributed by atoms with E-state index >= 15 is 0 Å². The zero-order valence-corrected chi connectivity index (χ0v) is 11.7. The zero-order valence-electron chi connectivity index (χ0n) is 10.1. The van der Waals surface area contributed by atoms with E-state index in [9.17, 15) is 14.7 Å². The third-order valence-corrected chi connectivity index (χ3v) is 2.87. The number of hydrogen-bond donors (Lipinski definition) is 1. The lowest BCUT2D eigenvalue weighted by Gasteiger charge is -2.10. The highest BCUT2D eigenvalue weighted by atomic mass is 79.9. The van der Waals surface area contributed by atoms with Crippen molar-refractivity contribution in [3.8, 4) is 0 Å². The second-order valence-electron chi connectivity index (χ2n) is 3.83. The van der Waals surface area contributed by atoms with E-state index in [0.29, 0.717) is 5.56 Å². The molecule has 102 valence electrons. The van der Waals surface area contributed by atoms with Crippen molar-refractivity contribution in [1.29, 1.82) is 0 Å². The summed E-state index contributed by atoms with van der Waals surface area (Å²) in [6, 6.07) is 9.93. The number of carbonyl (C=O) groups excluding carboxylic acids is 2. The zero-order chi connectivity index (χ0) is 14.5. The largest absolute Gasteiger partial charge is 0.543 e. The Labute approximate surface area is 123 Å². The Morgan fingerprint density at radius 1 is 1.25 bits per heavy atom. The van der Waals surface area contributed by atoms with Gasteiger partial charge in [0.25, 0.3) is 5.91 Å². The molecule has 2 rings (SSSR count). The topological polar surface area (TPSA) is 82.4 Å². The summed E-state index contributed by atoms with van der Waals surface area (Å²) in [5, 5.41) is 13.3. The standard InChI is InChI=1S/C14H10BrNO4/c15-10-4-1-3-9(7-10)8-11(14(18)19)16-13(17)12-5-2-6-20-12/h1-8H,(H,16,17)(H,18,19)/p-1/b11-8-. The Morgan fingerprint density at radius 2 is 2.05 bits per heavy atom. The SMILES string of the molecule is O=C([O-])/C(=C/c1cccc(Br)c1)NC(=O)c1ccco1. The van der Waals surface area contributed by atoms with Crippen molar-refractivity contribution < 1.29 is 19.1 Å². The number of benzene rings is 1. The van der Waals surface area contributed by atoms with E-state index in [2.05, 4.69) is 21.2 Å². The monoisotopic (exact) mass is 334 g/mol. The molecule has 0 radical (unpaired) electrons. The molecular weight excluding hydrogens is 326 g/mol. The van der Waals surface area contributed by atoms with Crippen molar-refractivity contribution in [3.63, 3.8) is 0 Å². The maximum atomic E-state index is 11.7. The normalized spacial score (nSPS) is 11.2. The van der Waals surface area contributed by atoms with Crippen molar-refractivity contribution in [3.05, 3.63) is 64.2 Å². The Morgan fingerprint density at radius 3 is 2.65 bits per heavy atom. The van der Waals surface area contributed by atoms with Crippen LogP contribution in [0.15, 0.2) is 57.2 Å². The van der Waals surface area contributed by atoms with Crippen LogP contribution in [0.4, 0.5) is 0 Å². The highest BCUT2D eigenvalue weighted by Crippen LogP contribution is 2.14. The van der Waals surface area contributed by atoms with Crippen molar-refractivity contribution in [1.82, 2.24) is 5.32 Å². The summed E-state index contributed by atoms with van der Waals surface area (Å²) in [6.07, 6.45) is 2.63. The van der Waals surface area contributed by atoms with E-state index in [0.717, 1.165) is 4.47 Å². The van der Waals surface area contributed by atoms with Gasteiger partial charge in [-0.25, -0.2) is 0 Å². The maximum Gasteiger partial charge on any atom is 0.291 e. The fourth-order valence-electron chi connectivity index (χ4n) is 1.50. The molecule has 0 aliphatic rings. The van der Waals surface area contributed by atoms with Gasteiger partial charge in [0.15, 0.2) is 5.76 Å². The van der Waals surface area contributed by atoms with Crippen LogP contribution in [0, 0.1) is 0 Å². The molecule has 0 bridgehead atoms. The number of nitrogens with one attached hydrogen (secondary N) is 1. The summed E-state index contributed by atoms with van der Waals surface area (Å²) in [4.78, 5) is 22.8. The van der Waals surface area contributed by atoms with E-state index in [4.69, 9.17) is 4.42 Å². The molecule has 0 aliphatic carbocycles. The average Bonchev–Trinajstić information content (AvgIpc) is 2.91. The van der Waals surface area contributed by atoms with Crippen LogP contribution in [0.5, 0.6) is 0 Å². The van der Waals surface area contributed by atoms with E-state index in [1.54, 1.807) is 24.3 Å². The summed E-state index contributed by atoms with van der Waals surface area (Å²) >= 11 is 3.28. The molecule has 0 unspecified atom stereocenters. The van der Waals surface area contributed by atoms with Crippen LogP contribution >= 0.6 is 15.9 Å². The molecule has 0 atom stereocenters. The fraction of sp³-hybridized carbons (Fsp3) is 0. The van der Waals surface area contributed by atoms with Crippen LogP contribution in [-0.2, 0) is 4.79 Å². The van der Waals surface area contributed by atoms with Crippen LogP contribution in [0.25, 0.3) is 6.08 Å². The highest BCUT2D eigenvalue weighted by Gasteiger charge is 2.11. The maximum absolute atomic E-state index is 11.7.